The second kappa shape index (κ2) is 6.17. The van der Waals surface area contributed by atoms with Crippen molar-refractivity contribution >= 4 is 11.9 Å². The summed E-state index contributed by atoms with van der Waals surface area (Å²) in [5.74, 6) is -1.33. The number of benzene rings is 1. The Balaban J connectivity index is 1.97. The van der Waals surface area contributed by atoms with Crippen molar-refractivity contribution in [3.63, 3.8) is 0 Å². The number of carboxylic acid groups (broad SMARTS) is 1. The molecule has 0 radical (unpaired) electrons. The number of carbonyl (C=O) groups is 2. The molecule has 7 nitrogen and oxygen atoms in total. The van der Waals surface area contributed by atoms with Gasteiger partial charge >= 0.3 is 5.97 Å². The van der Waals surface area contributed by atoms with Crippen LogP contribution < -0.4 is 0 Å². The Kier molecular flexibility index (Phi) is 4.32. The molecule has 1 N–H and O–H groups in total. The van der Waals surface area contributed by atoms with Crippen molar-refractivity contribution in [3.8, 4) is 0 Å². The molecule has 0 aliphatic heterocycles. The van der Waals surface area contributed by atoms with Crippen LogP contribution in [-0.2, 0) is 17.9 Å². The fraction of sp³-hybridized carbons (Fsp3) is 0.286. The molecule has 0 unspecified atom stereocenters. The summed E-state index contributed by atoms with van der Waals surface area (Å²) in [4.78, 5) is 24.3. The average Bonchev–Trinajstić information content (AvgIpc) is 2.87. The second-order valence-electron chi connectivity index (χ2n) is 4.85. The Morgan fingerprint density at radius 3 is 2.76 bits per heavy atom. The van der Waals surface area contributed by atoms with E-state index in [1.807, 2.05) is 31.2 Å². The number of rotatable bonds is 5. The van der Waals surface area contributed by atoms with Gasteiger partial charge in [-0.2, -0.15) is 0 Å². The third kappa shape index (κ3) is 3.88. The molecule has 1 aromatic carbocycles. The quantitative estimate of drug-likeness (QED) is 0.884. The molecule has 21 heavy (non-hydrogen) atoms. The van der Waals surface area contributed by atoms with Gasteiger partial charge in [-0.15, -0.1) is 5.10 Å². The minimum atomic E-state index is -1.16. The third-order valence-corrected chi connectivity index (χ3v) is 2.98. The Labute approximate surface area is 121 Å². The first kappa shape index (κ1) is 14.7. The molecule has 2 rings (SSSR count). The highest BCUT2D eigenvalue weighted by atomic mass is 16.4. The SMILES string of the molecule is Cc1cccc(CN(C)C(=O)Cn2cc(C(=O)O)nn2)c1. The molecule has 0 aliphatic carbocycles. The zero-order valence-electron chi connectivity index (χ0n) is 11.9. The topological polar surface area (TPSA) is 88.3 Å². The number of nitrogens with zero attached hydrogens (tertiary/aromatic N) is 4. The van der Waals surface area contributed by atoms with E-state index in [1.54, 1.807) is 11.9 Å². The molecule has 0 atom stereocenters. The molecular formula is C14H16N4O3. The van der Waals surface area contributed by atoms with E-state index in [1.165, 1.54) is 10.9 Å². The number of hydrogen-bond acceptors (Lipinski definition) is 4. The Hall–Kier alpha value is -2.70. The van der Waals surface area contributed by atoms with Crippen molar-refractivity contribution in [2.24, 2.45) is 0 Å². The van der Waals surface area contributed by atoms with Gasteiger partial charge in [0.2, 0.25) is 5.91 Å². The molecule has 7 heteroatoms. The van der Waals surface area contributed by atoms with E-state index in [9.17, 15) is 9.59 Å². The van der Waals surface area contributed by atoms with Crippen LogP contribution in [0.4, 0.5) is 0 Å². The normalized spacial score (nSPS) is 10.4. The van der Waals surface area contributed by atoms with Crippen molar-refractivity contribution < 1.29 is 14.7 Å². The van der Waals surface area contributed by atoms with Gasteiger partial charge in [0.05, 0.1) is 6.20 Å². The molecule has 0 fully saturated rings. The number of amides is 1. The van der Waals surface area contributed by atoms with Gasteiger partial charge in [0.25, 0.3) is 0 Å². The summed E-state index contributed by atoms with van der Waals surface area (Å²) in [6.45, 7) is 2.44. The van der Waals surface area contributed by atoms with Crippen LogP contribution in [0, 0.1) is 6.92 Å². The van der Waals surface area contributed by atoms with Crippen LogP contribution in [0.2, 0.25) is 0 Å². The van der Waals surface area contributed by atoms with E-state index in [0.29, 0.717) is 6.54 Å². The summed E-state index contributed by atoms with van der Waals surface area (Å²) in [7, 11) is 1.69. The lowest BCUT2D eigenvalue weighted by Gasteiger charge is -2.17. The predicted molar refractivity (Wildman–Crippen MR) is 74.6 cm³/mol. The fourth-order valence-corrected chi connectivity index (χ4v) is 1.91. The maximum atomic E-state index is 12.1. The smallest absolute Gasteiger partial charge is 0.358 e. The lowest BCUT2D eigenvalue weighted by atomic mass is 10.1. The zero-order chi connectivity index (χ0) is 15.4. The number of hydrogen-bond donors (Lipinski definition) is 1. The number of carboxylic acids is 1. The summed E-state index contributed by atoms with van der Waals surface area (Å²) < 4.78 is 1.22. The largest absolute Gasteiger partial charge is 0.476 e. The minimum Gasteiger partial charge on any atom is -0.476 e. The molecule has 1 aromatic heterocycles. The molecule has 0 bridgehead atoms. The van der Waals surface area contributed by atoms with Gasteiger partial charge in [0, 0.05) is 13.6 Å². The van der Waals surface area contributed by atoms with E-state index < -0.39 is 5.97 Å². The van der Waals surface area contributed by atoms with E-state index >= 15 is 0 Å². The van der Waals surface area contributed by atoms with E-state index in [0.717, 1.165) is 11.1 Å². The third-order valence-electron chi connectivity index (χ3n) is 2.98. The second-order valence-corrected chi connectivity index (χ2v) is 4.85. The van der Waals surface area contributed by atoms with Crippen molar-refractivity contribution in [1.82, 2.24) is 19.9 Å². The minimum absolute atomic E-state index is 0.0391. The number of aromatic carboxylic acids is 1. The van der Waals surface area contributed by atoms with Crippen LogP contribution in [0.3, 0.4) is 0 Å². The highest BCUT2D eigenvalue weighted by Gasteiger charge is 2.13. The molecule has 1 heterocycles. The van der Waals surface area contributed by atoms with Gasteiger partial charge in [-0.25, -0.2) is 9.48 Å². The van der Waals surface area contributed by atoms with E-state index in [-0.39, 0.29) is 18.1 Å². The van der Waals surface area contributed by atoms with Crippen LogP contribution in [0.1, 0.15) is 21.6 Å². The van der Waals surface area contributed by atoms with Gasteiger partial charge in [-0.05, 0) is 12.5 Å². The Morgan fingerprint density at radius 1 is 1.38 bits per heavy atom. The molecule has 1 amide bonds. The molecule has 0 aliphatic rings. The first-order valence-electron chi connectivity index (χ1n) is 6.38. The van der Waals surface area contributed by atoms with Crippen molar-refractivity contribution in [2.75, 3.05) is 7.05 Å². The predicted octanol–water partition coefficient (Wildman–Crippen LogP) is 0.943. The highest BCUT2D eigenvalue weighted by molar-refractivity contribution is 5.84. The van der Waals surface area contributed by atoms with Crippen molar-refractivity contribution in [3.05, 3.63) is 47.3 Å². The lowest BCUT2D eigenvalue weighted by molar-refractivity contribution is -0.131. The van der Waals surface area contributed by atoms with Crippen LogP contribution >= 0.6 is 0 Å². The monoisotopic (exact) mass is 288 g/mol. The van der Waals surface area contributed by atoms with Gasteiger partial charge < -0.3 is 10.0 Å². The van der Waals surface area contributed by atoms with Crippen LogP contribution in [0.25, 0.3) is 0 Å². The van der Waals surface area contributed by atoms with E-state index in [2.05, 4.69) is 10.3 Å². The Morgan fingerprint density at radius 2 is 2.14 bits per heavy atom. The summed E-state index contributed by atoms with van der Waals surface area (Å²) >= 11 is 0. The summed E-state index contributed by atoms with van der Waals surface area (Å²) in [5.41, 5.74) is 2.00. The molecule has 2 aromatic rings. The number of likely N-dealkylation sites (N-methyl/N-ethyl adjacent to an activating group) is 1. The summed E-state index contributed by atoms with van der Waals surface area (Å²) in [5, 5.41) is 15.8. The maximum absolute atomic E-state index is 12.1. The standard InChI is InChI=1S/C14H16N4O3/c1-10-4-3-5-11(6-10)7-17(2)13(19)9-18-8-12(14(20)21)15-16-18/h3-6,8H,7,9H2,1-2H3,(H,20,21). The number of carbonyl (C=O) groups excluding carboxylic acids is 1. The maximum Gasteiger partial charge on any atom is 0.358 e. The molecule has 0 saturated carbocycles. The molecular weight excluding hydrogens is 272 g/mol. The first-order valence-corrected chi connectivity index (χ1v) is 6.38. The molecule has 110 valence electrons. The zero-order valence-corrected chi connectivity index (χ0v) is 11.9. The fourth-order valence-electron chi connectivity index (χ4n) is 1.91. The van der Waals surface area contributed by atoms with E-state index in [4.69, 9.17) is 5.11 Å². The van der Waals surface area contributed by atoms with Crippen molar-refractivity contribution in [2.45, 2.75) is 20.0 Å². The number of aromatic nitrogens is 3. The van der Waals surface area contributed by atoms with Crippen LogP contribution in [-0.4, -0.2) is 43.9 Å². The summed E-state index contributed by atoms with van der Waals surface area (Å²) in [6.07, 6.45) is 1.24. The van der Waals surface area contributed by atoms with Crippen LogP contribution in [0.15, 0.2) is 30.5 Å². The lowest BCUT2D eigenvalue weighted by Crippen LogP contribution is -2.30. The first-order chi connectivity index (χ1) is 9.95. The van der Waals surface area contributed by atoms with Gasteiger partial charge in [0.1, 0.15) is 6.54 Å². The average molecular weight is 288 g/mol. The van der Waals surface area contributed by atoms with Gasteiger partial charge in [-0.1, -0.05) is 35.0 Å². The Bertz CT molecular complexity index is 666. The highest BCUT2D eigenvalue weighted by Crippen LogP contribution is 2.07. The number of aryl methyl sites for hydroxylation is 1. The van der Waals surface area contributed by atoms with Gasteiger partial charge in [-0.3, -0.25) is 4.79 Å². The molecule has 0 spiro atoms. The summed E-state index contributed by atoms with van der Waals surface area (Å²) in [6, 6.07) is 7.91. The van der Waals surface area contributed by atoms with Crippen molar-refractivity contribution in [1.29, 1.82) is 0 Å². The van der Waals surface area contributed by atoms with Gasteiger partial charge in [0.15, 0.2) is 5.69 Å². The van der Waals surface area contributed by atoms with Crippen LogP contribution in [0.5, 0.6) is 0 Å². The molecule has 0 saturated heterocycles.